The summed E-state index contributed by atoms with van der Waals surface area (Å²) in [6, 6.07) is 11.5. The summed E-state index contributed by atoms with van der Waals surface area (Å²) in [6.07, 6.45) is -2.17. The van der Waals surface area contributed by atoms with Crippen molar-refractivity contribution < 1.29 is 22.7 Å². The van der Waals surface area contributed by atoms with E-state index in [0.29, 0.717) is 28.7 Å². The van der Waals surface area contributed by atoms with E-state index in [9.17, 15) is 18.0 Å². The first kappa shape index (κ1) is 15.8. The van der Waals surface area contributed by atoms with Crippen LogP contribution in [-0.4, -0.2) is 13.4 Å². The molecule has 0 aliphatic heterocycles. The molecule has 0 aliphatic carbocycles. The first-order valence-corrected chi connectivity index (χ1v) is 6.42. The van der Waals surface area contributed by atoms with Gasteiger partial charge in [0.05, 0.1) is 12.7 Å². The van der Waals surface area contributed by atoms with Crippen LogP contribution in [0.2, 0.25) is 0 Å². The summed E-state index contributed by atoms with van der Waals surface area (Å²) < 4.78 is 42.5. The van der Waals surface area contributed by atoms with Crippen LogP contribution < -0.4 is 4.74 Å². The number of carbonyl (C=O) groups excluding carboxylic acids is 1. The van der Waals surface area contributed by atoms with Gasteiger partial charge in [-0.05, 0) is 41.5 Å². The lowest BCUT2D eigenvalue weighted by Gasteiger charge is -2.07. The number of methoxy groups -OCH3 is 1. The van der Waals surface area contributed by atoms with Crippen molar-refractivity contribution in [3.05, 3.63) is 65.2 Å². The number of aldehydes is 1. The lowest BCUT2D eigenvalue weighted by atomic mass is 10.0. The van der Waals surface area contributed by atoms with Gasteiger partial charge in [-0.2, -0.15) is 13.2 Å². The molecule has 0 N–H and O–H groups in total. The molecule has 0 aromatic heterocycles. The molecule has 0 bridgehead atoms. The minimum atomic E-state index is -4.37. The maximum atomic E-state index is 12.5. The molecule has 22 heavy (non-hydrogen) atoms. The van der Waals surface area contributed by atoms with Crippen molar-refractivity contribution in [1.82, 2.24) is 0 Å². The van der Waals surface area contributed by atoms with E-state index >= 15 is 0 Å². The van der Waals surface area contributed by atoms with Crippen LogP contribution in [0.3, 0.4) is 0 Å². The first-order chi connectivity index (χ1) is 10.4. The number of alkyl halides is 3. The summed E-state index contributed by atoms with van der Waals surface area (Å²) in [7, 11) is 1.54. The third kappa shape index (κ3) is 3.75. The fraction of sp³-hybridized carbons (Fsp3) is 0.118. The highest BCUT2D eigenvalue weighted by atomic mass is 19.4. The van der Waals surface area contributed by atoms with E-state index in [1.807, 2.05) is 0 Å². The lowest BCUT2D eigenvalue weighted by Crippen LogP contribution is -2.04. The van der Waals surface area contributed by atoms with Gasteiger partial charge in [-0.25, -0.2) is 0 Å². The third-order valence-corrected chi connectivity index (χ3v) is 3.11. The fourth-order valence-corrected chi connectivity index (χ4v) is 1.92. The minimum absolute atomic E-state index is 0.377. The maximum absolute atomic E-state index is 12.5. The van der Waals surface area contributed by atoms with Crippen molar-refractivity contribution in [2.24, 2.45) is 0 Å². The van der Waals surface area contributed by atoms with Gasteiger partial charge in [-0.1, -0.05) is 24.3 Å². The molecule has 0 unspecified atom stereocenters. The summed E-state index contributed by atoms with van der Waals surface area (Å²) in [5.74, 6) is 0.656. The standard InChI is InChI=1S/C17H13F3O2/c1-22-16-8-4-13(5-9-16)14(11-21)10-12-2-6-15(7-3-12)17(18,19)20/h2-11H,1H3/b14-10-. The van der Waals surface area contributed by atoms with Crippen molar-refractivity contribution >= 4 is 17.9 Å². The van der Waals surface area contributed by atoms with Crippen molar-refractivity contribution in [2.75, 3.05) is 7.11 Å². The third-order valence-electron chi connectivity index (χ3n) is 3.11. The molecule has 2 rings (SSSR count). The van der Waals surface area contributed by atoms with Crippen LogP contribution in [0.4, 0.5) is 13.2 Å². The number of rotatable bonds is 4. The number of carbonyl (C=O) groups is 1. The van der Waals surface area contributed by atoms with E-state index in [-0.39, 0.29) is 0 Å². The highest BCUT2D eigenvalue weighted by Crippen LogP contribution is 2.29. The summed E-state index contributed by atoms with van der Waals surface area (Å²) in [4.78, 5) is 11.2. The Morgan fingerprint density at radius 3 is 2.05 bits per heavy atom. The molecular weight excluding hydrogens is 293 g/mol. The zero-order valence-corrected chi connectivity index (χ0v) is 11.7. The Morgan fingerprint density at radius 1 is 1.00 bits per heavy atom. The number of benzene rings is 2. The molecule has 0 atom stereocenters. The predicted octanol–water partition coefficient (Wildman–Crippen LogP) is 4.45. The van der Waals surface area contributed by atoms with Gasteiger partial charge in [0.1, 0.15) is 5.75 Å². The first-order valence-electron chi connectivity index (χ1n) is 6.42. The molecule has 0 radical (unpaired) electrons. The molecule has 0 saturated heterocycles. The summed E-state index contributed by atoms with van der Waals surface area (Å²) in [6.45, 7) is 0. The van der Waals surface area contributed by atoms with Crippen LogP contribution in [0.15, 0.2) is 48.5 Å². The Kier molecular flexibility index (Phi) is 4.65. The van der Waals surface area contributed by atoms with E-state index in [2.05, 4.69) is 0 Å². The Labute approximate surface area is 125 Å². The quantitative estimate of drug-likeness (QED) is 0.474. The Morgan fingerprint density at radius 2 is 1.59 bits per heavy atom. The SMILES string of the molecule is COc1ccc(/C(C=O)=C\c2ccc(C(F)(F)F)cc2)cc1. The molecule has 0 spiro atoms. The van der Waals surface area contributed by atoms with Crippen molar-refractivity contribution in [1.29, 1.82) is 0 Å². The highest BCUT2D eigenvalue weighted by Gasteiger charge is 2.29. The Balaban J connectivity index is 2.29. The van der Waals surface area contributed by atoms with Gasteiger partial charge in [0.2, 0.25) is 0 Å². The monoisotopic (exact) mass is 306 g/mol. The molecule has 0 heterocycles. The second-order valence-corrected chi connectivity index (χ2v) is 4.57. The Hall–Kier alpha value is -2.56. The maximum Gasteiger partial charge on any atom is 0.416 e. The van der Waals surface area contributed by atoms with E-state index in [1.165, 1.54) is 25.3 Å². The van der Waals surface area contributed by atoms with Crippen molar-refractivity contribution in [3.63, 3.8) is 0 Å². The van der Waals surface area contributed by atoms with Gasteiger partial charge >= 0.3 is 6.18 Å². The predicted molar refractivity (Wildman–Crippen MR) is 78.4 cm³/mol. The zero-order chi connectivity index (χ0) is 16.2. The van der Waals surface area contributed by atoms with Crippen molar-refractivity contribution in [2.45, 2.75) is 6.18 Å². The molecule has 2 nitrogen and oxygen atoms in total. The van der Waals surface area contributed by atoms with Crippen molar-refractivity contribution in [3.8, 4) is 5.75 Å². The van der Waals surface area contributed by atoms with E-state index in [4.69, 9.17) is 4.74 Å². The molecule has 0 amide bonds. The van der Waals surface area contributed by atoms with Crippen LogP contribution in [0.5, 0.6) is 5.75 Å². The largest absolute Gasteiger partial charge is 0.497 e. The smallest absolute Gasteiger partial charge is 0.416 e. The van der Waals surface area contributed by atoms with Crippen LogP contribution in [0.25, 0.3) is 11.6 Å². The van der Waals surface area contributed by atoms with E-state index < -0.39 is 11.7 Å². The summed E-state index contributed by atoms with van der Waals surface area (Å²) in [5.41, 5.74) is 0.839. The second kappa shape index (κ2) is 6.47. The molecule has 2 aromatic carbocycles. The normalized spacial score (nSPS) is 12.1. The average Bonchev–Trinajstić information content (AvgIpc) is 2.52. The average molecular weight is 306 g/mol. The Bertz CT molecular complexity index is 669. The molecule has 114 valence electrons. The minimum Gasteiger partial charge on any atom is -0.497 e. The van der Waals surface area contributed by atoms with Gasteiger partial charge in [-0.15, -0.1) is 0 Å². The molecule has 0 fully saturated rings. The molecule has 2 aromatic rings. The van der Waals surface area contributed by atoms with Gasteiger partial charge in [-0.3, -0.25) is 4.79 Å². The molecule has 0 saturated carbocycles. The van der Waals surface area contributed by atoms with Gasteiger partial charge in [0.15, 0.2) is 6.29 Å². The number of ether oxygens (including phenoxy) is 1. The summed E-state index contributed by atoms with van der Waals surface area (Å²) in [5, 5.41) is 0. The van der Waals surface area contributed by atoms with Gasteiger partial charge in [0.25, 0.3) is 0 Å². The number of allylic oxidation sites excluding steroid dienone is 1. The summed E-state index contributed by atoms with van der Waals surface area (Å²) >= 11 is 0. The van der Waals surface area contributed by atoms with Gasteiger partial charge < -0.3 is 4.74 Å². The van der Waals surface area contributed by atoms with Crippen LogP contribution >= 0.6 is 0 Å². The molecule has 0 aliphatic rings. The van der Waals surface area contributed by atoms with Crippen LogP contribution in [-0.2, 0) is 11.0 Å². The van der Waals surface area contributed by atoms with Gasteiger partial charge in [0, 0.05) is 5.57 Å². The number of halogens is 3. The molecule has 5 heteroatoms. The second-order valence-electron chi connectivity index (χ2n) is 4.57. The topological polar surface area (TPSA) is 26.3 Å². The lowest BCUT2D eigenvalue weighted by molar-refractivity contribution is -0.137. The fourth-order valence-electron chi connectivity index (χ4n) is 1.92. The number of hydrogen-bond acceptors (Lipinski definition) is 2. The zero-order valence-electron chi connectivity index (χ0n) is 11.7. The van der Waals surface area contributed by atoms with Crippen LogP contribution in [0.1, 0.15) is 16.7 Å². The van der Waals surface area contributed by atoms with Crippen LogP contribution in [0, 0.1) is 0 Å². The van der Waals surface area contributed by atoms with E-state index in [0.717, 1.165) is 12.1 Å². The highest BCUT2D eigenvalue weighted by molar-refractivity contribution is 6.13. The molecular formula is C17H13F3O2. The van der Waals surface area contributed by atoms with E-state index in [1.54, 1.807) is 24.3 Å². The number of hydrogen-bond donors (Lipinski definition) is 0.